The fourth-order valence-electron chi connectivity index (χ4n) is 0.575. The normalized spacial score (nSPS) is 17.8. The van der Waals surface area contributed by atoms with Crippen molar-refractivity contribution in [2.45, 2.75) is 30.2 Å². The standard InChI is InChI=1S/C7HF11O/c1-2-3(8,5(11,12)13)19-7(17,18)4(9,10)6(14,15)16/h1H/t3-/m0/s1. The minimum atomic E-state index is -7.08. The Kier molecular flexibility index (Phi) is 4.11. The molecule has 0 aromatic heterocycles. The second-order valence-electron chi connectivity index (χ2n) is 2.93. The first-order valence-corrected chi connectivity index (χ1v) is 3.78. The van der Waals surface area contributed by atoms with Crippen LogP contribution in [0.3, 0.4) is 0 Å². The van der Waals surface area contributed by atoms with E-state index in [0.717, 1.165) is 0 Å². The largest absolute Gasteiger partial charge is 0.462 e. The van der Waals surface area contributed by atoms with Crippen molar-refractivity contribution in [3.63, 3.8) is 0 Å². The molecular formula is C7HF11O. The summed E-state index contributed by atoms with van der Waals surface area (Å²) in [7, 11) is 0. The average Bonchev–Trinajstić information content (AvgIpc) is 2.12. The van der Waals surface area contributed by atoms with Gasteiger partial charge in [-0.3, -0.25) is 4.74 Å². The Bertz CT molecular complexity index is 372. The smallest absolute Gasteiger partial charge is 0.259 e. The van der Waals surface area contributed by atoms with Gasteiger partial charge in [0.25, 0.3) is 0 Å². The van der Waals surface area contributed by atoms with E-state index in [1.54, 1.807) is 0 Å². The summed E-state index contributed by atoms with van der Waals surface area (Å²) in [5.74, 6) is -13.0. The molecule has 0 spiro atoms. The Hall–Kier alpha value is -1.25. The molecule has 0 radical (unpaired) electrons. The van der Waals surface area contributed by atoms with Crippen LogP contribution < -0.4 is 0 Å². The molecule has 0 aliphatic heterocycles. The van der Waals surface area contributed by atoms with E-state index in [2.05, 4.69) is 6.42 Å². The number of terminal acetylenes is 1. The first-order chi connectivity index (χ1) is 8.02. The van der Waals surface area contributed by atoms with Gasteiger partial charge in [0.05, 0.1) is 0 Å². The fourth-order valence-corrected chi connectivity index (χ4v) is 0.575. The molecule has 1 nitrogen and oxygen atoms in total. The van der Waals surface area contributed by atoms with Gasteiger partial charge in [0.15, 0.2) is 0 Å². The van der Waals surface area contributed by atoms with Crippen molar-refractivity contribution in [1.82, 2.24) is 0 Å². The molecule has 0 rings (SSSR count). The van der Waals surface area contributed by atoms with Crippen molar-refractivity contribution in [2.75, 3.05) is 0 Å². The summed E-state index contributed by atoms with van der Waals surface area (Å²) >= 11 is 0. The van der Waals surface area contributed by atoms with E-state index in [9.17, 15) is 48.3 Å². The zero-order valence-corrected chi connectivity index (χ0v) is 8.14. The highest BCUT2D eigenvalue weighted by molar-refractivity contribution is 5.07. The Labute approximate surface area is 96.9 Å². The maximum absolute atomic E-state index is 12.7. The molecule has 0 saturated carbocycles. The highest BCUT2D eigenvalue weighted by Gasteiger charge is 2.78. The van der Waals surface area contributed by atoms with Crippen molar-refractivity contribution >= 4 is 0 Å². The van der Waals surface area contributed by atoms with E-state index in [1.165, 1.54) is 0 Å². The Morgan fingerprint density at radius 3 is 1.26 bits per heavy atom. The van der Waals surface area contributed by atoms with Gasteiger partial charge in [-0.15, -0.1) is 6.42 Å². The van der Waals surface area contributed by atoms with Gasteiger partial charge in [0.2, 0.25) is 0 Å². The van der Waals surface area contributed by atoms with Gasteiger partial charge in [0, 0.05) is 0 Å². The molecule has 0 heterocycles. The maximum atomic E-state index is 12.7. The minimum absolute atomic E-state index is 0.0965. The van der Waals surface area contributed by atoms with Crippen LogP contribution in [-0.2, 0) is 4.74 Å². The topological polar surface area (TPSA) is 9.23 Å². The molecule has 0 unspecified atom stereocenters. The van der Waals surface area contributed by atoms with E-state index in [0.29, 0.717) is 0 Å². The van der Waals surface area contributed by atoms with Gasteiger partial charge < -0.3 is 0 Å². The van der Waals surface area contributed by atoms with Crippen LogP contribution in [0.1, 0.15) is 0 Å². The molecule has 112 valence electrons. The highest BCUT2D eigenvalue weighted by atomic mass is 19.4. The number of hydrogen-bond donors (Lipinski definition) is 0. The number of ether oxygens (including phenoxy) is 1. The van der Waals surface area contributed by atoms with E-state index < -0.39 is 30.2 Å². The van der Waals surface area contributed by atoms with Crippen LogP contribution in [0.4, 0.5) is 48.3 Å². The van der Waals surface area contributed by atoms with Crippen LogP contribution in [0.2, 0.25) is 0 Å². The van der Waals surface area contributed by atoms with Crippen molar-refractivity contribution in [3.05, 3.63) is 0 Å². The monoisotopic (exact) mass is 310 g/mol. The van der Waals surface area contributed by atoms with Crippen molar-refractivity contribution in [3.8, 4) is 12.3 Å². The Morgan fingerprint density at radius 2 is 1.05 bits per heavy atom. The zero-order valence-electron chi connectivity index (χ0n) is 8.14. The van der Waals surface area contributed by atoms with Gasteiger partial charge in [-0.1, -0.05) is 0 Å². The Morgan fingerprint density at radius 1 is 0.684 bits per heavy atom. The lowest BCUT2D eigenvalue weighted by Crippen LogP contribution is -2.58. The van der Waals surface area contributed by atoms with Crippen molar-refractivity contribution in [1.29, 1.82) is 0 Å². The summed E-state index contributed by atoms with van der Waals surface area (Å²) in [6.07, 6.45) is -16.5. The van der Waals surface area contributed by atoms with Gasteiger partial charge in [-0.05, 0) is 5.92 Å². The predicted octanol–water partition coefficient (Wildman–Crippen LogP) is 3.65. The van der Waals surface area contributed by atoms with E-state index in [4.69, 9.17) is 0 Å². The number of alkyl halides is 11. The molecule has 0 aromatic carbocycles. The number of rotatable bonds is 3. The molecule has 0 saturated heterocycles. The molecular weight excluding hydrogens is 309 g/mol. The second-order valence-corrected chi connectivity index (χ2v) is 2.93. The van der Waals surface area contributed by atoms with Gasteiger partial charge in [0.1, 0.15) is 0 Å². The highest BCUT2D eigenvalue weighted by Crippen LogP contribution is 2.50. The summed E-state index contributed by atoms with van der Waals surface area (Å²) in [4.78, 5) is 0. The first kappa shape index (κ1) is 17.8. The summed E-state index contributed by atoms with van der Waals surface area (Å²) < 4.78 is 134. The molecule has 0 aromatic rings. The van der Waals surface area contributed by atoms with Crippen molar-refractivity contribution < 1.29 is 53.0 Å². The van der Waals surface area contributed by atoms with Gasteiger partial charge in [-0.2, -0.15) is 48.3 Å². The van der Waals surface area contributed by atoms with Crippen LogP contribution in [0.25, 0.3) is 0 Å². The molecule has 12 heteroatoms. The molecule has 1 atom stereocenters. The third kappa shape index (κ3) is 3.02. The quantitative estimate of drug-likeness (QED) is 0.571. The van der Waals surface area contributed by atoms with E-state index in [1.807, 2.05) is 4.74 Å². The van der Waals surface area contributed by atoms with Gasteiger partial charge >= 0.3 is 30.2 Å². The van der Waals surface area contributed by atoms with Crippen LogP contribution in [0, 0.1) is 12.3 Å². The van der Waals surface area contributed by atoms with Gasteiger partial charge in [-0.25, -0.2) is 0 Å². The lowest BCUT2D eigenvalue weighted by atomic mass is 10.2. The molecule has 0 fully saturated rings. The average molecular weight is 310 g/mol. The van der Waals surface area contributed by atoms with Crippen LogP contribution >= 0.6 is 0 Å². The van der Waals surface area contributed by atoms with Crippen LogP contribution in [0.5, 0.6) is 0 Å². The lowest BCUT2D eigenvalue weighted by molar-refractivity contribution is -0.471. The van der Waals surface area contributed by atoms with E-state index >= 15 is 0 Å². The van der Waals surface area contributed by atoms with E-state index in [-0.39, 0.29) is 5.92 Å². The summed E-state index contributed by atoms with van der Waals surface area (Å²) in [6, 6.07) is 0. The van der Waals surface area contributed by atoms with Crippen LogP contribution in [0.15, 0.2) is 0 Å². The molecule has 0 N–H and O–H groups in total. The lowest BCUT2D eigenvalue weighted by Gasteiger charge is -2.32. The molecule has 0 aliphatic carbocycles. The molecule has 0 aliphatic rings. The third-order valence-electron chi connectivity index (χ3n) is 1.54. The summed E-state index contributed by atoms with van der Waals surface area (Å²) in [5, 5.41) is 0. The SMILES string of the molecule is C#C[C@](F)(OC(F)(F)C(F)(F)C(F)(F)F)C(F)(F)F. The zero-order chi connectivity index (χ0) is 15.9. The summed E-state index contributed by atoms with van der Waals surface area (Å²) in [5.41, 5.74) is 0. The minimum Gasteiger partial charge on any atom is -0.259 e. The van der Waals surface area contributed by atoms with Crippen LogP contribution in [-0.4, -0.2) is 30.2 Å². The number of hydrogen-bond acceptors (Lipinski definition) is 1. The van der Waals surface area contributed by atoms with Crippen molar-refractivity contribution in [2.24, 2.45) is 0 Å². The number of halogens is 11. The fraction of sp³-hybridized carbons (Fsp3) is 0.714. The molecule has 0 amide bonds. The summed E-state index contributed by atoms with van der Waals surface area (Å²) in [6.45, 7) is 0. The Balaban J connectivity index is 5.57. The molecule has 0 bridgehead atoms. The second kappa shape index (κ2) is 4.39. The first-order valence-electron chi connectivity index (χ1n) is 3.78. The third-order valence-corrected chi connectivity index (χ3v) is 1.54. The molecule has 19 heavy (non-hydrogen) atoms. The predicted molar refractivity (Wildman–Crippen MR) is 35.8 cm³/mol. The maximum Gasteiger partial charge on any atom is 0.462 e.